The molecule has 5 heteroatoms. The largest absolute Gasteiger partial charge is 0.457 e. The summed E-state index contributed by atoms with van der Waals surface area (Å²) >= 11 is 0. The van der Waals surface area contributed by atoms with Crippen molar-refractivity contribution in [1.29, 1.82) is 0 Å². The average Bonchev–Trinajstić information content (AvgIpc) is 2.96. The Morgan fingerprint density at radius 1 is 0.951 bits per heavy atom. The molecule has 1 heterocycles. The Balaban J connectivity index is 1.24. The molecule has 0 saturated heterocycles. The summed E-state index contributed by atoms with van der Waals surface area (Å²) in [4.78, 5) is 13.6. The second-order valence-corrected chi connectivity index (χ2v) is 12.7. The number of rotatable bonds is 10. The maximum absolute atomic E-state index is 13.6. The molecule has 5 nitrogen and oxygen atoms in total. The predicted octanol–water partition coefficient (Wildman–Crippen LogP) is 8.28. The maximum Gasteiger partial charge on any atom is 0.225 e. The Bertz CT molecular complexity index is 1280. The highest BCUT2D eigenvalue weighted by Crippen LogP contribution is 2.45. The number of aryl methyl sites for hydroxylation is 1. The minimum absolute atomic E-state index is 0.0240. The minimum atomic E-state index is -0.396. The van der Waals surface area contributed by atoms with Crippen molar-refractivity contribution in [2.75, 3.05) is 11.9 Å². The quantitative estimate of drug-likeness (QED) is 0.264. The second kappa shape index (κ2) is 13.2. The minimum Gasteiger partial charge on any atom is -0.457 e. The van der Waals surface area contributed by atoms with Gasteiger partial charge in [-0.25, -0.2) is 0 Å². The van der Waals surface area contributed by atoms with Gasteiger partial charge in [0.1, 0.15) is 11.5 Å². The highest BCUT2D eigenvalue weighted by molar-refractivity contribution is 5.93. The molecule has 1 atom stereocenters. The van der Waals surface area contributed by atoms with Crippen molar-refractivity contribution in [3.05, 3.63) is 89.0 Å². The van der Waals surface area contributed by atoms with Crippen LogP contribution < -0.4 is 10.1 Å². The number of aliphatic hydroxyl groups excluding tert-OH is 1. The molecule has 0 radical (unpaired) electrons. The van der Waals surface area contributed by atoms with Gasteiger partial charge >= 0.3 is 0 Å². The van der Waals surface area contributed by atoms with E-state index in [0.717, 1.165) is 58.7 Å². The molecule has 5 rings (SSSR count). The molecule has 2 N–H and O–H groups in total. The van der Waals surface area contributed by atoms with E-state index in [2.05, 4.69) is 56.4 Å². The molecule has 1 aliphatic carbocycles. The highest BCUT2D eigenvalue weighted by atomic mass is 16.5. The Labute approximate surface area is 245 Å². The summed E-state index contributed by atoms with van der Waals surface area (Å²) in [6.45, 7) is 7.12. The van der Waals surface area contributed by atoms with Gasteiger partial charge in [0.2, 0.25) is 5.91 Å². The molecule has 0 aromatic heterocycles. The first kappa shape index (κ1) is 29.3. The van der Waals surface area contributed by atoms with Crippen LogP contribution in [-0.4, -0.2) is 29.8 Å². The van der Waals surface area contributed by atoms with Crippen molar-refractivity contribution in [3.63, 3.8) is 0 Å². The van der Waals surface area contributed by atoms with E-state index in [9.17, 15) is 9.90 Å². The topological polar surface area (TPSA) is 67.8 Å². The molecule has 2 aliphatic rings. The lowest BCUT2D eigenvalue weighted by Crippen LogP contribution is -2.22. The summed E-state index contributed by atoms with van der Waals surface area (Å²) in [6, 6.07) is 22.3. The molecule has 1 saturated carbocycles. The molecular formula is C36H45NO4. The Morgan fingerprint density at radius 2 is 1.61 bits per heavy atom. The molecule has 0 bridgehead atoms. The van der Waals surface area contributed by atoms with E-state index in [-0.39, 0.29) is 17.2 Å². The van der Waals surface area contributed by atoms with E-state index in [4.69, 9.17) is 9.47 Å². The first-order valence-corrected chi connectivity index (χ1v) is 15.4. The fraction of sp³-hybridized carbons (Fsp3) is 0.472. The van der Waals surface area contributed by atoms with Crippen molar-refractivity contribution >= 4 is 11.6 Å². The van der Waals surface area contributed by atoms with Gasteiger partial charge in [-0.3, -0.25) is 4.79 Å². The van der Waals surface area contributed by atoms with Crippen LogP contribution in [0.5, 0.6) is 11.5 Å². The van der Waals surface area contributed by atoms with Gasteiger partial charge in [0.05, 0.1) is 12.2 Å². The number of para-hydroxylation sites is 2. The zero-order chi connectivity index (χ0) is 28.8. The smallest absolute Gasteiger partial charge is 0.225 e. The van der Waals surface area contributed by atoms with Gasteiger partial charge in [0.15, 0.2) is 0 Å². The standard InChI is InChI=1S/C36H45NO4/c1-36(2,3)31-20-18-25(17-19-26(38)21-22-40-27-11-5-4-6-12-27)23-32(31)37-35(39)24-30-28-13-7-9-15-33(28)41-34-16-10-8-14-29(30)34/h7-10,13-16,18,20,23,26-27,30,38H,4-6,11-12,17,19,21-22,24H2,1-3H3,(H,37,39). The number of carbonyl (C=O) groups is 1. The number of benzene rings is 3. The van der Waals surface area contributed by atoms with Crippen molar-refractivity contribution < 1.29 is 19.4 Å². The van der Waals surface area contributed by atoms with Gasteiger partial charge in [-0.15, -0.1) is 0 Å². The number of ether oxygens (including phenoxy) is 2. The Kier molecular flexibility index (Phi) is 9.46. The van der Waals surface area contributed by atoms with Gasteiger partial charge in [-0.1, -0.05) is 88.6 Å². The predicted molar refractivity (Wildman–Crippen MR) is 165 cm³/mol. The van der Waals surface area contributed by atoms with Crippen LogP contribution in [0.3, 0.4) is 0 Å². The fourth-order valence-corrected chi connectivity index (χ4v) is 6.20. The summed E-state index contributed by atoms with van der Waals surface area (Å²) in [5.74, 6) is 1.51. The monoisotopic (exact) mass is 555 g/mol. The van der Waals surface area contributed by atoms with Gasteiger partial charge in [0.25, 0.3) is 0 Å². The number of anilines is 1. The van der Waals surface area contributed by atoms with Gasteiger partial charge in [-0.2, -0.15) is 0 Å². The first-order chi connectivity index (χ1) is 19.8. The zero-order valence-electron chi connectivity index (χ0n) is 24.8. The first-order valence-electron chi connectivity index (χ1n) is 15.4. The molecule has 1 fully saturated rings. The van der Waals surface area contributed by atoms with E-state index < -0.39 is 6.10 Å². The number of aliphatic hydroxyl groups is 1. The average molecular weight is 556 g/mol. The summed E-state index contributed by atoms with van der Waals surface area (Å²) < 4.78 is 12.1. The third-order valence-corrected chi connectivity index (χ3v) is 8.49. The van der Waals surface area contributed by atoms with Gasteiger partial charge < -0.3 is 19.9 Å². The lowest BCUT2D eigenvalue weighted by atomic mass is 9.84. The molecule has 1 amide bonds. The molecule has 3 aromatic rings. The van der Waals surface area contributed by atoms with Gasteiger partial charge in [-0.05, 0) is 66.8 Å². The van der Waals surface area contributed by atoms with Crippen LogP contribution in [0.15, 0.2) is 66.7 Å². The highest BCUT2D eigenvalue weighted by Gasteiger charge is 2.29. The van der Waals surface area contributed by atoms with E-state index >= 15 is 0 Å². The number of fused-ring (bicyclic) bond motifs is 2. The number of amides is 1. The van der Waals surface area contributed by atoms with Crippen LogP contribution in [-0.2, 0) is 21.4 Å². The molecule has 1 unspecified atom stereocenters. The second-order valence-electron chi connectivity index (χ2n) is 12.7. The van der Waals surface area contributed by atoms with Crippen molar-refractivity contribution in [1.82, 2.24) is 0 Å². The van der Waals surface area contributed by atoms with Crippen LogP contribution in [0.1, 0.15) is 100 Å². The number of hydrogen-bond acceptors (Lipinski definition) is 4. The Hall–Kier alpha value is -3.15. The fourth-order valence-electron chi connectivity index (χ4n) is 6.20. The maximum atomic E-state index is 13.6. The lowest BCUT2D eigenvalue weighted by Gasteiger charge is -2.28. The van der Waals surface area contributed by atoms with E-state index in [1.165, 1.54) is 19.3 Å². The normalized spacial score (nSPS) is 16.4. The van der Waals surface area contributed by atoms with Crippen LogP contribution in [0, 0.1) is 0 Å². The third-order valence-electron chi connectivity index (χ3n) is 8.49. The summed E-state index contributed by atoms with van der Waals surface area (Å²) in [6.07, 6.45) is 8.51. The van der Waals surface area contributed by atoms with E-state index in [0.29, 0.717) is 32.0 Å². The van der Waals surface area contributed by atoms with E-state index in [1.54, 1.807) is 0 Å². The molecule has 1 aliphatic heterocycles. The molecule has 3 aromatic carbocycles. The zero-order valence-corrected chi connectivity index (χ0v) is 24.8. The molecular weight excluding hydrogens is 510 g/mol. The Morgan fingerprint density at radius 3 is 2.27 bits per heavy atom. The SMILES string of the molecule is CC(C)(C)c1ccc(CCC(O)CCOC2CCCCC2)cc1NC(=O)CC1c2ccccc2Oc2ccccc21. The van der Waals surface area contributed by atoms with Crippen molar-refractivity contribution in [2.24, 2.45) is 0 Å². The third kappa shape index (κ3) is 7.58. The van der Waals surface area contributed by atoms with Crippen LogP contribution in [0.2, 0.25) is 0 Å². The van der Waals surface area contributed by atoms with E-state index in [1.807, 2.05) is 36.4 Å². The van der Waals surface area contributed by atoms with Crippen molar-refractivity contribution in [2.45, 2.75) is 102 Å². The lowest BCUT2D eigenvalue weighted by molar-refractivity contribution is -0.116. The summed E-state index contributed by atoms with van der Waals surface area (Å²) in [5.41, 5.74) is 5.00. The molecule has 218 valence electrons. The van der Waals surface area contributed by atoms with Crippen LogP contribution in [0.4, 0.5) is 5.69 Å². The summed E-state index contributed by atoms with van der Waals surface area (Å²) in [7, 11) is 0. The van der Waals surface area contributed by atoms with Gasteiger partial charge in [0, 0.05) is 35.8 Å². The van der Waals surface area contributed by atoms with Crippen molar-refractivity contribution in [3.8, 4) is 11.5 Å². The van der Waals surface area contributed by atoms with Crippen LogP contribution >= 0.6 is 0 Å². The molecule has 41 heavy (non-hydrogen) atoms. The van der Waals surface area contributed by atoms with Crippen LogP contribution in [0.25, 0.3) is 0 Å². The number of carbonyl (C=O) groups excluding carboxylic acids is 1. The summed E-state index contributed by atoms with van der Waals surface area (Å²) in [5, 5.41) is 13.9. The number of nitrogens with one attached hydrogen (secondary N) is 1. The molecule has 0 spiro atoms. The number of hydrogen-bond donors (Lipinski definition) is 2.